The molecule has 15 heavy (non-hydrogen) atoms. The lowest BCUT2D eigenvalue weighted by Gasteiger charge is -2.23. The van der Waals surface area contributed by atoms with Crippen molar-refractivity contribution in [3.8, 4) is 0 Å². The van der Waals surface area contributed by atoms with E-state index in [0.717, 1.165) is 19.1 Å². The average Bonchev–Trinajstić information content (AvgIpc) is 2.85. The molecule has 0 aromatic carbocycles. The van der Waals surface area contributed by atoms with Gasteiger partial charge in [-0.25, -0.2) is 0 Å². The summed E-state index contributed by atoms with van der Waals surface area (Å²) in [4.78, 5) is 2.61. The van der Waals surface area contributed by atoms with Crippen molar-refractivity contribution in [2.75, 3.05) is 39.9 Å². The Kier molecular flexibility index (Phi) is 3.65. The van der Waals surface area contributed by atoms with Crippen molar-refractivity contribution in [2.24, 2.45) is 17.1 Å². The van der Waals surface area contributed by atoms with Crippen LogP contribution in [0.3, 0.4) is 0 Å². The number of rotatable bonds is 6. The van der Waals surface area contributed by atoms with Crippen LogP contribution < -0.4 is 5.73 Å². The molecule has 1 unspecified atom stereocenters. The summed E-state index contributed by atoms with van der Waals surface area (Å²) in [5, 5.41) is 0. The van der Waals surface area contributed by atoms with Gasteiger partial charge in [0.15, 0.2) is 0 Å². The highest BCUT2D eigenvalue weighted by atomic mass is 16.5. The third kappa shape index (κ3) is 2.92. The number of hydrogen-bond acceptors (Lipinski definition) is 3. The molecule has 2 aliphatic rings. The van der Waals surface area contributed by atoms with Crippen molar-refractivity contribution < 1.29 is 4.74 Å². The molecule has 0 spiro atoms. The van der Waals surface area contributed by atoms with Crippen molar-refractivity contribution in [1.82, 2.24) is 4.90 Å². The average molecular weight is 212 g/mol. The van der Waals surface area contributed by atoms with Crippen LogP contribution in [0.25, 0.3) is 0 Å². The molecule has 2 N–H and O–H groups in total. The second-order valence-corrected chi connectivity index (χ2v) is 5.37. The molecule has 0 aromatic rings. The molecule has 88 valence electrons. The Labute approximate surface area is 93.0 Å². The SMILES string of the molecule is COCCC1(CN2CCC(CN)C2)CC1. The van der Waals surface area contributed by atoms with Crippen molar-refractivity contribution in [1.29, 1.82) is 0 Å². The van der Waals surface area contributed by atoms with E-state index >= 15 is 0 Å². The summed E-state index contributed by atoms with van der Waals surface area (Å²) in [7, 11) is 1.80. The van der Waals surface area contributed by atoms with Gasteiger partial charge in [0, 0.05) is 26.8 Å². The predicted octanol–water partition coefficient (Wildman–Crippen LogP) is 1.08. The van der Waals surface area contributed by atoms with E-state index in [4.69, 9.17) is 10.5 Å². The second-order valence-electron chi connectivity index (χ2n) is 5.37. The lowest BCUT2D eigenvalue weighted by atomic mass is 10.0. The summed E-state index contributed by atoms with van der Waals surface area (Å²) < 4.78 is 5.19. The molecular weight excluding hydrogens is 188 g/mol. The van der Waals surface area contributed by atoms with Crippen LogP contribution in [0.4, 0.5) is 0 Å². The van der Waals surface area contributed by atoms with Gasteiger partial charge in [0.1, 0.15) is 0 Å². The van der Waals surface area contributed by atoms with Crippen LogP contribution in [0.15, 0.2) is 0 Å². The molecule has 1 atom stereocenters. The monoisotopic (exact) mass is 212 g/mol. The standard InChI is InChI=1S/C12H24N2O/c1-15-7-5-12(3-4-12)10-14-6-2-11(8-13)9-14/h11H,2-10,13H2,1H3. The van der Waals surface area contributed by atoms with Gasteiger partial charge in [0.25, 0.3) is 0 Å². The molecule has 1 saturated carbocycles. The zero-order chi connectivity index (χ0) is 10.7. The number of methoxy groups -OCH3 is 1. The molecule has 1 aliphatic carbocycles. The molecule has 0 radical (unpaired) electrons. The lowest BCUT2D eigenvalue weighted by Crippen LogP contribution is -2.30. The Hall–Kier alpha value is -0.120. The maximum Gasteiger partial charge on any atom is 0.0468 e. The van der Waals surface area contributed by atoms with Gasteiger partial charge in [-0.15, -0.1) is 0 Å². The van der Waals surface area contributed by atoms with Gasteiger partial charge in [-0.1, -0.05) is 0 Å². The first-order chi connectivity index (χ1) is 7.28. The molecule has 3 nitrogen and oxygen atoms in total. The fraction of sp³-hybridized carbons (Fsp3) is 1.00. The minimum absolute atomic E-state index is 0.611. The minimum atomic E-state index is 0.611. The van der Waals surface area contributed by atoms with Gasteiger partial charge in [-0.2, -0.15) is 0 Å². The van der Waals surface area contributed by atoms with E-state index in [2.05, 4.69) is 4.90 Å². The Morgan fingerprint density at radius 1 is 1.47 bits per heavy atom. The summed E-state index contributed by atoms with van der Waals surface area (Å²) in [6.07, 6.45) is 5.35. The van der Waals surface area contributed by atoms with Gasteiger partial charge in [-0.3, -0.25) is 0 Å². The molecule has 0 bridgehead atoms. The zero-order valence-corrected chi connectivity index (χ0v) is 9.87. The van der Waals surface area contributed by atoms with E-state index in [9.17, 15) is 0 Å². The van der Waals surface area contributed by atoms with E-state index in [0.29, 0.717) is 5.41 Å². The largest absolute Gasteiger partial charge is 0.385 e. The fourth-order valence-corrected chi connectivity index (χ4v) is 2.71. The molecule has 1 aliphatic heterocycles. The third-order valence-electron chi connectivity index (χ3n) is 4.06. The van der Waals surface area contributed by atoms with Gasteiger partial charge in [0.05, 0.1) is 0 Å². The van der Waals surface area contributed by atoms with Crippen LogP contribution in [0.5, 0.6) is 0 Å². The summed E-state index contributed by atoms with van der Waals surface area (Å²) in [6, 6.07) is 0. The van der Waals surface area contributed by atoms with E-state index in [-0.39, 0.29) is 0 Å². The van der Waals surface area contributed by atoms with Crippen LogP contribution in [0.1, 0.15) is 25.7 Å². The van der Waals surface area contributed by atoms with E-state index in [1.54, 1.807) is 7.11 Å². The van der Waals surface area contributed by atoms with Crippen LogP contribution in [0.2, 0.25) is 0 Å². The van der Waals surface area contributed by atoms with Crippen LogP contribution >= 0.6 is 0 Å². The molecule has 1 saturated heterocycles. The smallest absolute Gasteiger partial charge is 0.0468 e. The van der Waals surface area contributed by atoms with Crippen molar-refractivity contribution in [3.63, 3.8) is 0 Å². The highest BCUT2D eigenvalue weighted by Crippen LogP contribution is 2.49. The van der Waals surface area contributed by atoms with Gasteiger partial charge < -0.3 is 15.4 Å². The van der Waals surface area contributed by atoms with Gasteiger partial charge in [0.2, 0.25) is 0 Å². The molecule has 1 heterocycles. The first-order valence-electron chi connectivity index (χ1n) is 6.19. The first kappa shape index (κ1) is 11.4. The molecule has 0 aromatic heterocycles. The van der Waals surface area contributed by atoms with Crippen LogP contribution in [-0.4, -0.2) is 44.8 Å². The second kappa shape index (κ2) is 4.81. The highest BCUT2D eigenvalue weighted by Gasteiger charge is 2.44. The predicted molar refractivity (Wildman–Crippen MR) is 61.8 cm³/mol. The quantitative estimate of drug-likeness (QED) is 0.716. The Morgan fingerprint density at radius 3 is 2.80 bits per heavy atom. The van der Waals surface area contributed by atoms with E-state index in [1.807, 2.05) is 0 Å². The zero-order valence-electron chi connectivity index (χ0n) is 9.87. The fourth-order valence-electron chi connectivity index (χ4n) is 2.71. The van der Waals surface area contributed by atoms with E-state index in [1.165, 1.54) is 45.3 Å². The first-order valence-corrected chi connectivity index (χ1v) is 6.19. The number of nitrogens with zero attached hydrogens (tertiary/aromatic N) is 1. The summed E-state index contributed by atoms with van der Waals surface area (Å²) >= 11 is 0. The lowest BCUT2D eigenvalue weighted by molar-refractivity contribution is 0.154. The number of hydrogen-bond donors (Lipinski definition) is 1. The normalized spacial score (nSPS) is 29.6. The van der Waals surface area contributed by atoms with E-state index < -0.39 is 0 Å². The Balaban J connectivity index is 1.72. The summed E-state index contributed by atoms with van der Waals surface area (Å²) in [5.41, 5.74) is 6.32. The Bertz CT molecular complexity index is 204. The van der Waals surface area contributed by atoms with Crippen LogP contribution in [-0.2, 0) is 4.74 Å². The van der Waals surface area contributed by atoms with Gasteiger partial charge in [-0.05, 0) is 50.1 Å². The molecule has 2 fully saturated rings. The molecular formula is C12H24N2O. The van der Waals surface area contributed by atoms with Crippen molar-refractivity contribution >= 4 is 0 Å². The summed E-state index contributed by atoms with van der Waals surface area (Å²) in [6.45, 7) is 5.56. The highest BCUT2D eigenvalue weighted by molar-refractivity contribution is 4.96. The van der Waals surface area contributed by atoms with Crippen LogP contribution in [0, 0.1) is 11.3 Å². The number of nitrogens with two attached hydrogens (primary N) is 1. The van der Waals surface area contributed by atoms with Crippen molar-refractivity contribution in [2.45, 2.75) is 25.7 Å². The maximum atomic E-state index is 5.71. The molecule has 0 amide bonds. The topological polar surface area (TPSA) is 38.5 Å². The molecule has 3 heteroatoms. The van der Waals surface area contributed by atoms with Gasteiger partial charge >= 0.3 is 0 Å². The number of ether oxygens (including phenoxy) is 1. The molecule has 2 rings (SSSR count). The Morgan fingerprint density at radius 2 is 2.27 bits per heavy atom. The maximum absolute atomic E-state index is 5.71. The summed E-state index contributed by atoms with van der Waals surface area (Å²) in [5.74, 6) is 0.753. The third-order valence-corrected chi connectivity index (χ3v) is 4.06. The number of likely N-dealkylation sites (tertiary alicyclic amines) is 1. The minimum Gasteiger partial charge on any atom is -0.385 e. The van der Waals surface area contributed by atoms with Crippen molar-refractivity contribution in [3.05, 3.63) is 0 Å².